The van der Waals surface area contributed by atoms with Crippen molar-refractivity contribution < 1.29 is 13.2 Å². The number of carbonyl (C=O) groups is 1. The minimum Gasteiger partial charge on any atom is -0.340 e. The maximum absolute atomic E-state index is 12.1. The zero-order valence-electron chi connectivity index (χ0n) is 11.4. The van der Waals surface area contributed by atoms with Crippen LogP contribution in [-0.2, 0) is 21.9 Å². The summed E-state index contributed by atoms with van der Waals surface area (Å²) in [5.41, 5.74) is 0. The number of rotatable bonds is 4. The lowest BCUT2D eigenvalue weighted by atomic mass is 9.80. The van der Waals surface area contributed by atoms with Crippen LogP contribution >= 0.6 is 0 Å². The summed E-state index contributed by atoms with van der Waals surface area (Å²) in [6.07, 6.45) is 6.06. The molecule has 8 nitrogen and oxygen atoms in total. The lowest BCUT2D eigenvalue weighted by Crippen LogP contribution is -2.42. The number of nitrogens with one attached hydrogen (secondary N) is 1. The van der Waals surface area contributed by atoms with E-state index < -0.39 is 15.9 Å². The highest BCUT2D eigenvalue weighted by Gasteiger charge is 2.38. The van der Waals surface area contributed by atoms with Crippen molar-refractivity contribution in [3.63, 3.8) is 0 Å². The number of hydrogen-bond donors (Lipinski definition) is 1. The number of sulfonamides is 1. The summed E-state index contributed by atoms with van der Waals surface area (Å²) in [5.74, 6) is -0.776. The van der Waals surface area contributed by atoms with Crippen LogP contribution in [0.25, 0.3) is 0 Å². The van der Waals surface area contributed by atoms with Crippen LogP contribution in [0.2, 0.25) is 0 Å². The van der Waals surface area contributed by atoms with Crippen molar-refractivity contribution in [2.45, 2.75) is 23.9 Å². The molecule has 1 aliphatic rings. The van der Waals surface area contributed by atoms with E-state index in [4.69, 9.17) is 0 Å². The van der Waals surface area contributed by atoms with Gasteiger partial charge in [-0.1, -0.05) is 5.21 Å². The molecule has 0 spiro atoms. The van der Waals surface area contributed by atoms with E-state index in [1.807, 2.05) is 0 Å². The zero-order chi connectivity index (χ0) is 15.0. The second-order valence-electron chi connectivity index (χ2n) is 5.13. The van der Waals surface area contributed by atoms with Gasteiger partial charge in [0.25, 0.3) is 10.0 Å². The minimum absolute atomic E-state index is 0.0722. The van der Waals surface area contributed by atoms with E-state index in [0.717, 1.165) is 0 Å². The van der Waals surface area contributed by atoms with Gasteiger partial charge in [0.15, 0.2) is 5.03 Å². The lowest BCUT2D eigenvalue weighted by molar-refractivity contribution is -0.127. The van der Waals surface area contributed by atoms with Crippen molar-refractivity contribution in [1.82, 2.24) is 24.3 Å². The van der Waals surface area contributed by atoms with Crippen LogP contribution < -0.4 is 4.72 Å². The minimum atomic E-state index is -3.81. The smallest absolute Gasteiger partial charge is 0.279 e. The topological polar surface area (TPSA) is 98.9 Å². The van der Waals surface area contributed by atoms with E-state index in [0.29, 0.717) is 12.8 Å². The fourth-order valence-corrected chi connectivity index (χ4v) is 3.66. The van der Waals surface area contributed by atoms with Crippen LogP contribution in [0, 0.1) is 5.92 Å². The fourth-order valence-electron chi connectivity index (χ4n) is 2.42. The Labute approximate surface area is 121 Å². The van der Waals surface area contributed by atoms with Gasteiger partial charge in [0.05, 0.1) is 12.2 Å². The summed E-state index contributed by atoms with van der Waals surface area (Å²) < 4.78 is 29.5. The average Bonchev–Trinajstić information content (AvgIpc) is 2.97. The Bertz CT molecular complexity index is 744. The second-order valence-corrected chi connectivity index (χ2v) is 6.76. The van der Waals surface area contributed by atoms with Crippen LogP contribution in [0.1, 0.15) is 18.9 Å². The van der Waals surface area contributed by atoms with Crippen LogP contribution in [0.15, 0.2) is 35.7 Å². The molecular formula is C12H15N5O3S. The van der Waals surface area contributed by atoms with Gasteiger partial charge in [0.1, 0.15) is 0 Å². The standard InChI is InChI=1S/C12H15N5O3S/c1-16-5-2-3-11(16)21(19,20)14-12(18)9-7-10(8-9)17-6-4-13-15-17/h2-6,9-10H,7-8H2,1H3,(H,14,18). The van der Waals surface area contributed by atoms with E-state index >= 15 is 0 Å². The molecule has 3 rings (SSSR count). The first kappa shape index (κ1) is 13.8. The molecule has 0 unspecified atom stereocenters. The Balaban J connectivity index is 1.62. The van der Waals surface area contributed by atoms with Crippen LogP contribution in [-0.4, -0.2) is 33.9 Å². The molecule has 21 heavy (non-hydrogen) atoms. The Morgan fingerprint density at radius 1 is 1.38 bits per heavy atom. The van der Waals surface area contributed by atoms with Gasteiger partial charge in [-0.15, -0.1) is 5.10 Å². The molecule has 1 amide bonds. The predicted molar refractivity (Wildman–Crippen MR) is 72.5 cm³/mol. The lowest BCUT2D eigenvalue weighted by Gasteiger charge is -2.33. The van der Waals surface area contributed by atoms with Crippen LogP contribution in [0.4, 0.5) is 0 Å². The van der Waals surface area contributed by atoms with Gasteiger partial charge in [-0.05, 0) is 25.0 Å². The third-order valence-corrected chi connectivity index (χ3v) is 5.15. The first-order valence-electron chi connectivity index (χ1n) is 6.51. The Kier molecular flexibility index (Phi) is 3.28. The molecule has 2 heterocycles. The maximum atomic E-state index is 12.1. The first-order valence-corrected chi connectivity index (χ1v) is 7.99. The highest BCUT2D eigenvalue weighted by Crippen LogP contribution is 2.37. The number of carbonyl (C=O) groups excluding carboxylic acids is 1. The molecule has 0 atom stereocenters. The Morgan fingerprint density at radius 3 is 2.71 bits per heavy atom. The predicted octanol–water partition coefficient (Wildman–Crippen LogP) is 0.0728. The molecule has 1 fully saturated rings. The van der Waals surface area contributed by atoms with E-state index in [-0.39, 0.29) is 17.0 Å². The van der Waals surface area contributed by atoms with Crippen molar-refractivity contribution in [1.29, 1.82) is 0 Å². The van der Waals surface area contributed by atoms with Crippen molar-refractivity contribution in [3.8, 4) is 0 Å². The highest BCUT2D eigenvalue weighted by atomic mass is 32.2. The second kappa shape index (κ2) is 4.99. The van der Waals surface area contributed by atoms with E-state index in [9.17, 15) is 13.2 Å². The van der Waals surface area contributed by atoms with E-state index in [1.54, 1.807) is 36.4 Å². The van der Waals surface area contributed by atoms with Gasteiger partial charge in [0, 0.05) is 25.4 Å². The summed E-state index contributed by atoms with van der Waals surface area (Å²) in [7, 11) is -2.20. The molecule has 112 valence electrons. The van der Waals surface area contributed by atoms with Gasteiger partial charge in [-0.3, -0.25) is 4.79 Å². The number of nitrogens with zero attached hydrogens (tertiary/aromatic N) is 4. The number of amides is 1. The normalized spacial score (nSPS) is 21.8. The molecule has 0 radical (unpaired) electrons. The third kappa shape index (κ3) is 2.56. The van der Waals surface area contributed by atoms with Crippen LogP contribution in [0.3, 0.4) is 0 Å². The quantitative estimate of drug-likeness (QED) is 0.862. The summed E-state index contributed by atoms with van der Waals surface area (Å²) in [6.45, 7) is 0. The van der Waals surface area contributed by atoms with Crippen molar-refractivity contribution in [3.05, 3.63) is 30.7 Å². The SMILES string of the molecule is Cn1cccc1S(=O)(=O)NC(=O)C1CC(n2ccnn2)C1. The van der Waals surface area contributed by atoms with Gasteiger partial charge in [-0.2, -0.15) is 8.42 Å². The van der Waals surface area contributed by atoms with Gasteiger partial charge in [-0.25, -0.2) is 9.40 Å². The van der Waals surface area contributed by atoms with Gasteiger partial charge >= 0.3 is 0 Å². The third-order valence-electron chi connectivity index (χ3n) is 3.71. The van der Waals surface area contributed by atoms with Crippen molar-refractivity contribution in [2.75, 3.05) is 0 Å². The molecule has 1 saturated carbocycles. The summed E-state index contributed by atoms with van der Waals surface area (Å²) in [4.78, 5) is 12.0. The monoisotopic (exact) mass is 309 g/mol. The molecule has 1 N–H and O–H groups in total. The molecule has 2 aromatic rings. The first-order chi connectivity index (χ1) is 9.97. The maximum Gasteiger partial charge on any atom is 0.279 e. The highest BCUT2D eigenvalue weighted by molar-refractivity contribution is 7.90. The molecule has 0 saturated heterocycles. The van der Waals surface area contributed by atoms with Crippen molar-refractivity contribution in [2.24, 2.45) is 13.0 Å². The zero-order valence-corrected chi connectivity index (χ0v) is 12.2. The molecule has 2 aromatic heterocycles. The molecule has 9 heteroatoms. The number of hydrogen-bond acceptors (Lipinski definition) is 5. The molecule has 1 aliphatic carbocycles. The van der Waals surface area contributed by atoms with Crippen LogP contribution in [0.5, 0.6) is 0 Å². The largest absolute Gasteiger partial charge is 0.340 e. The number of aryl methyl sites for hydroxylation is 1. The Hall–Kier alpha value is -2.16. The molecular weight excluding hydrogens is 294 g/mol. The molecule has 0 aromatic carbocycles. The van der Waals surface area contributed by atoms with Gasteiger partial charge in [0.2, 0.25) is 5.91 Å². The molecule has 0 bridgehead atoms. The van der Waals surface area contributed by atoms with E-state index in [1.165, 1.54) is 10.6 Å². The summed E-state index contributed by atoms with van der Waals surface area (Å²) >= 11 is 0. The molecule has 0 aliphatic heterocycles. The Morgan fingerprint density at radius 2 is 2.14 bits per heavy atom. The fraction of sp³-hybridized carbons (Fsp3) is 0.417. The summed E-state index contributed by atoms with van der Waals surface area (Å²) in [5, 5.41) is 7.66. The summed E-state index contributed by atoms with van der Waals surface area (Å²) in [6, 6.07) is 3.18. The van der Waals surface area contributed by atoms with E-state index in [2.05, 4.69) is 15.0 Å². The van der Waals surface area contributed by atoms with Crippen molar-refractivity contribution >= 4 is 15.9 Å². The average molecular weight is 309 g/mol. The van der Waals surface area contributed by atoms with Gasteiger partial charge < -0.3 is 4.57 Å². The number of aromatic nitrogens is 4.